The first-order valence-electron chi connectivity index (χ1n) is 10.3. The van der Waals surface area contributed by atoms with Crippen LogP contribution in [0.1, 0.15) is 32.2 Å². The Labute approximate surface area is 196 Å². The number of amides is 1. The first-order valence-corrected chi connectivity index (χ1v) is 11.6. The normalized spacial score (nSPS) is 11.0. The average Bonchev–Trinajstić information content (AvgIpc) is 3.37. The van der Waals surface area contributed by atoms with Gasteiger partial charge in [-0.2, -0.15) is 0 Å². The second kappa shape index (κ2) is 9.59. The third-order valence-corrected chi connectivity index (χ3v) is 6.51. The molecule has 1 amide bonds. The van der Waals surface area contributed by atoms with Crippen molar-refractivity contribution in [3.05, 3.63) is 92.4 Å². The van der Waals surface area contributed by atoms with E-state index in [1.807, 2.05) is 36.6 Å². The number of thiazole rings is 1. The van der Waals surface area contributed by atoms with Gasteiger partial charge in [0.2, 0.25) is 0 Å². The molecule has 4 rings (SSSR count). The molecule has 0 aliphatic rings. The van der Waals surface area contributed by atoms with Gasteiger partial charge in [-0.3, -0.25) is 4.79 Å². The Balaban J connectivity index is 1.57. The zero-order valence-electron chi connectivity index (χ0n) is 18.0. The van der Waals surface area contributed by atoms with Gasteiger partial charge in [-0.05, 0) is 44.0 Å². The van der Waals surface area contributed by atoms with E-state index in [0.717, 1.165) is 35.1 Å². The molecule has 0 unspecified atom stereocenters. The summed E-state index contributed by atoms with van der Waals surface area (Å²) < 4.78 is 7.94. The minimum Gasteiger partial charge on any atom is -0.485 e. The van der Waals surface area contributed by atoms with Crippen molar-refractivity contribution in [1.29, 1.82) is 0 Å². The first-order chi connectivity index (χ1) is 15.4. The molecular weight excluding hydrogens is 442 g/mol. The van der Waals surface area contributed by atoms with Crippen molar-refractivity contribution in [2.45, 2.75) is 33.4 Å². The lowest BCUT2D eigenvalue weighted by atomic mass is 10.1. The van der Waals surface area contributed by atoms with Crippen molar-refractivity contribution < 1.29 is 9.53 Å². The minimum absolute atomic E-state index is 0.320. The zero-order valence-corrected chi connectivity index (χ0v) is 19.5. The van der Waals surface area contributed by atoms with Crippen LogP contribution in [0.2, 0.25) is 5.02 Å². The van der Waals surface area contributed by atoms with Crippen LogP contribution >= 0.6 is 22.9 Å². The molecule has 0 aliphatic heterocycles. The van der Waals surface area contributed by atoms with Crippen LogP contribution in [0.15, 0.2) is 60.0 Å². The minimum atomic E-state index is -0.435. The molecule has 0 atom stereocenters. The van der Waals surface area contributed by atoms with Gasteiger partial charge in [-0.1, -0.05) is 53.6 Å². The van der Waals surface area contributed by atoms with Gasteiger partial charge in [0.1, 0.15) is 17.4 Å². The van der Waals surface area contributed by atoms with E-state index in [-0.39, 0.29) is 0 Å². The maximum absolute atomic E-state index is 12.0. The van der Waals surface area contributed by atoms with Crippen molar-refractivity contribution in [1.82, 2.24) is 9.55 Å². The highest BCUT2D eigenvalue weighted by molar-refractivity contribution is 7.09. The number of aryl methyl sites for hydroxylation is 2. The van der Waals surface area contributed by atoms with Crippen LogP contribution in [0.3, 0.4) is 0 Å². The molecule has 4 aromatic rings. The van der Waals surface area contributed by atoms with E-state index >= 15 is 0 Å². The number of carbonyl (C=O) groups excluding carboxylic acids is 1. The number of carbonyl (C=O) groups is 1. The maximum atomic E-state index is 12.0. The van der Waals surface area contributed by atoms with E-state index in [2.05, 4.69) is 35.8 Å². The smallest absolute Gasteiger partial charge is 0.250 e. The maximum Gasteiger partial charge on any atom is 0.250 e. The topological polar surface area (TPSA) is 70.1 Å². The quantitative estimate of drug-likeness (QED) is 0.357. The molecule has 0 aliphatic carbocycles. The monoisotopic (exact) mass is 465 g/mol. The van der Waals surface area contributed by atoms with E-state index < -0.39 is 5.91 Å². The fraction of sp³-hybridized carbons (Fsp3) is 0.200. The third kappa shape index (κ3) is 4.87. The van der Waals surface area contributed by atoms with E-state index in [0.29, 0.717) is 22.9 Å². The highest BCUT2D eigenvalue weighted by atomic mass is 35.5. The lowest BCUT2D eigenvalue weighted by Crippen LogP contribution is -2.13. The molecule has 0 bridgehead atoms. The van der Waals surface area contributed by atoms with Gasteiger partial charge in [0.15, 0.2) is 0 Å². The van der Waals surface area contributed by atoms with Gasteiger partial charge in [0, 0.05) is 17.6 Å². The summed E-state index contributed by atoms with van der Waals surface area (Å²) in [4.78, 5) is 16.7. The molecule has 2 aromatic carbocycles. The Morgan fingerprint density at radius 2 is 1.91 bits per heavy atom. The summed E-state index contributed by atoms with van der Waals surface area (Å²) in [6.07, 6.45) is 0.841. The zero-order chi connectivity index (χ0) is 22.7. The molecule has 0 saturated heterocycles. The largest absolute Gasteiger partial charge is 0.485 e. The number of hydrogen-bond donors (Lipinski definition) is 1. The van der Waals surface area contributed by atoms with Crippen molar-refractivity contribution in [3.8, 4) is 17.1 Å². The summed E-state index contributed by atoms with van der Waals surface area (Å²) in [5.74, 6) is 0.189. The van der Waals surface area contributed by atoms with Crippen LogP contribution in [-0.4, -0.2) is 15.5 Å². The third-order valence-electron chi connectivity index (χ3n) is 5.38. The fourth-order valence-corrected chi connectivity index (χ4v) is 4.48. The number of ether oxygens (including phenoxy) is 1. The lowest BCUT2D eigenvalue weighted by molar-refractivity contribution is 0.0999. The number of primary amides is 1. The van der Waals surface area contributed by atoms with E-state index in [9.17, 15) is 4.79 Å². The first kappa shape index (κ1) is 22.1. The van der Waals surface area contributed by atoms with Gasteiger partial charge in [0.25, 0.3) is 5.91 Å². The Hall–Kier alpha value is -3.09. The highest BCUT2D eigenvalue weighted by Crippen LogP contribution is 2.29. The number of nitrogens with zero attached hydrogens (tertiary/aromatic N) is 2. The number of benzene rings is 2. The van der Waals surface area contributed by atoms with Gasteiger partial charge in [-0.15, -0.1) is 11.3 Å². The summed E-state index contributed by atoms with van der Waals surface area (Å²) in [6, 6.07) is 17.7. The second-order valence-electron chi connectivity index (χ2n) is 7.63. The average molecular weight is 466 g/mol. The molecule has 0 saturated carbocycles. The molecule has 0 spiro atoms. The van der Waals surface area contributed by atoms with E-state index in [1.165, 1.54) is 22.5 Å². The Bertz CT molecular complexity index is 1240. The molecule has 2 N–H and O–H groups in total. The van der Waals surface area contributed by atoms with Gasteiger partial charge in [0.05, 0.1) is 22.0 Å². The van der Waals surface area contributed by atoms with E-state index in [4.69, 9.17) is 27.1 Å². The van der Waals surface area contributed by atoms with Gasteiger partial charge in [-0.25, -0.2) is 4.98 Å². The Morgan fingerprint density at radius 3 is 2.62 bits per heavy atom. The summed E-state index contributed by atoms with van der Waals surface area (Å²) in [6.45, 7) is 5.04. The van der Waals surface area contributed by atoms with Crippen molar-refractivity contribution in [3.63, 3.8) is 0 Å². The van der Waals surface area contributed by atoms with Crippen LogP contribution in [0.5, 0.6) is 5.75 Å². The van der Waals surface area contributed by atoms with Crippen LogP contribution in [0.4, 0.5) is 0 Å². The fourth-order valence-electron chi connectivity index (χ4n) is 3.59. The molecule has 164 valence electrons. The van der Waals surface area contributed by atoms with Crippen LogP contribution in [0.25, 0.3) is 11.4 Å². The number of hydrogen-bond acceptors (Lipinski definition) is 4. The van der Waals surface area contributed by atoms with Crippen molar-refractivity contribution in [2.24, 2.45) is 5.73 Å². The predicted octanol–water partition coefficient (Wildman–Crippen LogP) is 5.80. The number of para-hydroxylation sites is 1. The summed E-state index contributed by atoms with van der Waals surface area (Å²) in [5, 5.41) is 3.37. The van der Waals surface area contributed by atoms with Crippen molar-refractivity contribution >= 4 is 28.8 Å². The highest BCUT2D eigenvalue weighted by Gasteiger charge is 2.19. The molecule has 2 heterocycles. The molecule has 2 aromatic heterocycles. The Kier molecular flexibility index (Phi) is 6.63. The molecule has 0 fully saturated rings. The molecule has 32 heavy (non-hydrogen) atoms. The molecule has 7 heteroatoms. The predicted molar refractivity (Wildman–Crippen MR) is 129 cm³/mol. The van der Waals surface area contributed by atoms with Gasteiger partial charge >= 0.3 is 0 Å². The summed E-state index contributed by atoms with van der Waals surface area (Å²) >= 11 is 7.68. The summed E-state index contributed by atoms with van der Waals surface area (Å²) in [5.41, 5.74) is 11.1. The molecule has 0 radical (unpaired) electrons. The second-order valence-corrected chi connectivity index (χ2v) is 8.98. The lowest BCUT2D eigenvalue weighted by Gasteiger charge is -2.11. The van der Waals surface area contributed by atoms with Crippen LogP contribution in [-0.2, 0) is 19.6 Å². The SMILES string of the molecule is Cc1ccc(CCn2c(-c3csc(COc4ccccc4Cl)n3)cc(C(N)=O)c2C)cc1. The van der Waals surface area contributed by atoms with Gasteiger partial charge < -0.3 is 15.0 Å². The van der Waals surface area contributed by atoms with Crippen LogP contribution < -0.4 is 10.5 Å². The number of halogens is 1. The molecular formula is C25H24ClN3O2S. The van der Waals surface area contributed by atoms with E-state index in [1.54, 1.807) is 6.07 Å². The standard InChI is InChI=1S/C25H24ClN3O2S/c1-16-7-9-18(10-8-16)11-12-29-17(2)19(25(27)30)13-22(29)21-15-32-24(28-21)14-31-23-6-4-3-5-20(23)26/h3-10,13,15H,11-12,14H2,1-2H3,(H2,27,30). The van der Waals surface area contributed by atoms with Crippen molar-refractivity contribution in [2.75, 3.05) is 0 Å². The number of aromatic nitrogens is 2. The van der Waals surface area contributed by atoms with Crippen LogP contribution in [0, 0.1) is 13.8 Å². The summed E-state index contributed by atoms with van der Waals surface area (Å²) in [7, 11) is 0. The molecule has 5 nitrogen and oxygen atoms in total. The number of nitrogens with two attached hydrogens (primary N) is 1. The number of rotatable bonds is 8. The Morgan fingerprint density at radius 1 is 1.16 bits per heavy atom.